The van der Waals surface area contributed by atoms with Crippen LogP contribution in [0.4, 0.5) is 0 Å². The van der Waals surface area contributed by atoms with E-state index < -0.39 is 23.6 Å². The molecule has 0 spiro atoms. The SMILES string of the molecule is CCC(C)OCc1cn([C@H]2C[C@H](N)[C@@H](CO)O2)c(=O)[nH]c1=O. The van der Waals surface area contributed by atoms with Gasteiger partial charge in [-0.25, -0.2) is 4.79 Å². The molecule has 1 unspecified atom stereocenters. The zero-order valence-corrected chi connectivity index (χ0v) is 12.8. The minimum Gasteiger partial charge on any atom is -0.394 e. The molecule has 2 heterocycles. The van der Waals surface area contributed by atoms with Gasteiger partial charge in [-0.1, -0.05) is 6.92 Å². The summed E-state index contributed by atoms with van der Waals surface area (Å²) in [5, 5.41) is 9.17. The summed E-state index contributed by atoms with van der Waals surface area (Å²) < 4.78 is 12.4. The van der Waals surface area contributed by atoms with Gasteiger partial charge in [0.2, 0.25) is 0 Å². The Hall–Kier alpha value is -1.48. The second kappa shape index (κ2) is 7.19. The second-order valence-corrected chi connectivity index (χ2v) is 5.56. The summed E-state index contributed by atoms with van der Waals surface area (Å²) in [5.74, 6) is 0. The summed E-state index contributed by atoms with van der Waals surface area (Å²) in [4.78, 5) is 26.1. The van der Waals surface area contributed by atoms with Crippen LogP contribution in [-0.4, -0.2) is 39.5 Å². The maximum atomic E-state index is 12.0. The Labute approximate surface area is 127 Å². The molecule has 2 rings (SSSR count). The summed E-state index contributed by atoms with van der Waals surface area (Å²) in [5.41, 5.74) is 5.18. The number of nitrogens with two attached hydrogens (primary N) is 1. The normalized spacial score (nSPS) is 26.3. The number of rotatable bonds is 6. The van der Waals surface area contributed by atoms with Gasteiger partial charge >= 0.3 is 5.69 Å². The van der Waals surface area contributed by atoms with Crippen LogP contribution >= 0.6 is 0 Å². The molecule has 1 aromatic rings. The molecule has 1 aromatic heterocycles. The average molecular weight is 313 g/mol. The van der Waals surface area contributed by atoms with Crippen LogP contribution in [0.25, 0.3) is 0 Å². The molecule has 0 radical (unpaired) electrons. The first-order chi connectivity index (χ1) is 10.5. The number of ether oxygens (including phenoxy) is 2. The van der Waals surface area contributed by atoms with E-state index >= 15 is 0 Å². The number of aromatic nitrogens is 2. The summed E-state index contributed by atoms with van der Waals surface area (Å²) in [6.45, 7) is 3.81. The molecule has 1 aliphatic rings. The molecule has 1 fully saturated rings. The Bertz CT molecular complexity index is 611. The molecule has 8 heteroatoms. The van der Waals surface area contributed by atoms with E-state index in [0.29, 0.717) is 12.0 Å². The highest BCUT2D eigenvalue weighted by Gasteiger charge is 2.34. The minimum atomic E-state index is -0.598. The van der Waals surface area contributed by atoms with Gasteiger partial charge in [0.05, 0.1) is 31.0 Å². The van der Waals surface area contributed by atoms with Gasteiger partial charge in [0.15, 0.2) is 0 Å². The lowest BCUT2D eigenvalue weighted by atomic mass is 10.1. The van der Waals surface area contributed by atoms with Crippen molar-refractivity contribution in [2.45, 2.75) is 57.8 Å². The van der Waals surface area contributed by atoms with Crippen molar-refractivity contribution in [2.24, 2.45) is 5.73 Å². The van der Waals surface area contributed by atoms with E-state index in [4.69, 9.17) is 15.2 Å². The average Bonchev–Trinajstić information content (AvgIpc) is 2.86. The van der Waals surface area contributed by atoms with Crippen LogP contribution in [0, 0.1) is 0 Å². The molecule has 124 valence electrons. The standard InChI is InChI=1S/C14H23N3O5/c1-3-8(2)21-7-9-5-17(14(20)16-13(9)19)12-4-10(15)11(6-18)22-12/h5,8,10-12,18H,3-4,6-7,15H2,1-2H3,(H,16,19,20)/t8?,10-,11+,12+/m0/s1. The number of aliphatic hydroxyl groups is 1. The smallest absolute Gasteiger partial charge is 0.330 e. The van der Waals surface area contributed by atoms with Gasteiger partial charge < -0.3 is 20.3 Å². The predicted molar refractivity (Wildman–Crippen MR) is 79.5 cm³/mol. The van der Waals surface area contributed by atoms with Gasteiger partial charge in [-0.15, -0.1) is 0 Å². The Balaban J connectivity index is 2.22. The van der Waals surface area contributed by atoms with E-state index in [2.05, 4.69) is 4.98 Å². The molecule has 4 atom stereocenters. The Morgan fingerprint density at radius 2 is 2.32 bits per heavy atom. The molecule has 0 aliphatic carbocycles. The maximum absolute atomic E-state index is 12.0. The summed E-state index contributed by atoms with van der Waals surface area (Å²) >= 11 is 0. The molecular weight excluding hydrogens is 290 g/mol. The first kappa shape index (κ1) is 16.9. The lowest BCUT2D eigenvalue weighted by Crippen LogP contribution is -2.34. The van der Waals surface area contributed by atoms with E-state index in [9.17, 15) is 14.7 Å². The van der Waals surface area contributed by atoms with E-state index in [1.165, 1.54) is 10.8 Å². The van der Waals surface area contributed by atoms with Gasteiger partial charge in [0.25, 0.3) is 5.56 Å². The van der Waals surface area contributed by atoms with Gasteiger partial charge in [-0.05, 0) is 13.3 Å². The number of aliphatic hydroxyl groups excluding tert-OH is 1. The van der Waals surface area contributed by atoms with E-state index in [1.807, 2.05) is 13.8 Å². The van der Waals surface area contributed by atoms with Crippen molar-refractivity contribution in [3.05, 3.63) is 32.6 Å². The highest BCUT2D eigenvalue weighted by molar-refractivity contribution is 5.04. The highest BCUT2D eigenvalue weighted by atomic mass is 16.5. The molecule has 0 amide bonds. The lowest BCUT2D eigenvalue weighted by Gasteiger charge is -2.16. The molecule has 1 aliphatic heterocycles. The van der Waals surface area contributed by atoms with Crippen molar-refractivity contribution >= 4 is 0 Å². The van der Waals surface area contributed by atoms with E-state index in [0.717, 1.165) is 6.42 Å². The molecule has 0 bridgehead atoms. The molecular formula is C14H23N3O5. The van der Waals surface area contributed by atoms with Crippen molar-refractivity contribution in [1.82, 2.24) is 9.55 Å². The van der Waals surface area contributed by atoms with Crippen molar-refractivity contribution in [3.8, 4) is 0 Å². The van der Waals surface area contributed by atoms with Crippen LogP contribution in [0.1, 0.15) is 38.5 Å². The second-order valence-electron chi connectivity index (χ2n) is 5.56. The third-order valence-electron chi connectivity index (χ3n) is 3.91. The Morgan fingerprint density at radius 3 is 2.91 bits per heavy atom. The summed E-state index contributed by atoms with van der Waals surface area (Å²) in [7, 11) is 0. The highest BCUT2D eigenvalue weighted by Crippen LogP contribution is 2.26. The molecule has 0 saturated carbocycles. The fourth-order valence-electron chi connectivity index (χ4n) is 2.29. The van der Waals surface area contributed by atoms with Gasteiger partial charge in [-0.3, -0.25) is 14.3 Å². The first-order valence-corrected chi connectivity index (χ1v) is 7.44. The first-order valence-electron chi connectivity index (χ1n) is 7.44. The van der Waals surface area contributed by atoms with Crippen LogP contribution < -0.4 is 17.0 Å². The quantitative estimate of drug-likeness (QED) is 0.649. The van der Waals surface area contributed by atoms with Crippen LogP contribution in [0.2, 0.25) is 0 Å². The molecule has 0 aromatic carbocycles. The molecule has 4 N–H and O–H groups in total. The largest absolute Gasteiger partial charge is 0.394 e. The van der Waals surface area contributed by atoms with E-state index in [-0.39, 0.29) is 25.4 Å². The Kier molecular flexibility index (Phi) is 5.52. The third-order valence-corrected chi connectivity index (χ3v) is 3.91. The number of nitrogens with one attached hydrogen (secondary N) is 1. The number of hydrogen-bond acceptors (Lipinski definition) is 6. The predicted octanol–water partition coefficient (Wildman–Crippen LogP) is -0.541. The number of aromatic amines is 1. The molecule has 1 saturated heterocycles. The van der Waals surface area contributed by atoms with E-state index in [1.54, 1.807) is 0 Å². The summed E-state index contributed by atoms with van der Waals surface area (Å²) in [6.07, 6.45) is 1.58. The van der Waals surface area contributed by atoms with Crippen molar-refractivity contribution in [1.29, 1.82) is 0 Å². The zero-order chi connectivity index (χ0) is 16.3. The van der Waals surface area contributed by atoms with Crippen molar-refractivity contribution < 1.29 is 14.6 Å². The van der Waals surface area contributed by atoms with Gasteiger partial charge in [0.1, 0.15) is 6.23 Å². The number of H-pyrrole nitrogens is 1. The molecule has 8 nitrogen and oxygen atoms in total. The number of nitrogens with zero attached hydrogens (tertiary/aromatic N) is 1. The summed E-state index contributed by atoms with van der Waals surface area (Å²) in [6, 6.07) is -0.353. The number of hydrogen-bond donors (Lipinski definition) is 3. The van der Waals surface area contributed by atoms with Gasteiger partial charge in [-0.2, -0.15) is 0 Å². The fourth-order valence-corrected chi connectivity index (χ4v) is 2.29. The van der Waals surface area contributed by atoms with Gasteiger partial charge in [0, 0.05) is 18.7 Å². The fraction of sp³-hybridized carbons (Fsp3) is 0.714. The molecule has 22 heavy (non-hydrogen) atoms. The third kappa shape index (κ3) is 3.64. The zero-order valence-electron chi connectivity index (χ0n) is 12.8. The van der Waals surface area contributed by atoms with Crippen LogP contribution in [0.5, 0.6) is 0 Å². The minimum absolute atomic E-state index is 0.0229. The van der Waals surface area contributed by atoms with Crippen molar-refractivity contribution in [2.75, 3.05) is 6.61 Å². The lowest BCUT2D eigenvalue weighted by molar-refractivity contribution is -0.0276. The van der Waals surface area contributed by atoms with Crippen molar-refractivity contribution in [3.63, 3.8) is 0 Å². The monoisotopic (exact) mass is 313 g/mol. The van der Waals surface area contributed by atoms with Crippen LogP contribution in [0.3, 0.4) is 0 Å². The van der Waals surface area contributed by atoms with Crippen LogP contribution in [-0.2, 0) is 16.1 Å². The Morgan fingerprint density at radius 1 is 1.59 bits per heavy atom. The topological polar surface area (TPSA) is 120 Å². The maximum Gasteiger partial charge on any atom is 0.330 e. The van der Waals surface area contributed by atoms with Crippen LogP contribution in [0.15, 0.2) is 15.8 Å².